The molecule has 0 spiro atoms. The zero-order chi connectivity index (χ0) is 20.6. The summed E-state index contributed by atoms with van der Waals surface area (Å²) >= 11 is 0. The van der Waals surface area contributed by atoms with Crippen LogP contribution in [-0.4, -0.2) is 17.4 Å². The van der Waals surface area contributed by atoms with Gasteiger partial charge in [-0.25, -0.2) is 0 Å². The summed E-state index contributed by atoms with van der Waals surface area (Å²) in [4.78, 5) is 25.9. The maximum absolute atomic E-state index is 13.2. The van der Waals surface area contributed by atoms with Crippen molar-refractivity contribution in [1.29, 1.82) is 0 Å². The van der Waals surface area contributed by atoms with Gasteiger partial charge < -0.3 is 10.6 Å². The van der Waals surface area contributed by atoms with Gasteiger partial charge in [0.05, 0.1) is 12.5 Å². The topological polar surface area (TPSA) is 58.2 Å². The van der Waals surface area contributed by atoms with Crippen molar-refractivity contribution >= 4 is 11.8 Å². The quantitative estimate of drug-likeness (QED) is 0.740. The molecule has 6 rings (SSSR count). The van der Waals surface area contributed by atoms with Gasteiger partial charge in [-0.3, -0.25) is 9.59 Å². The van der Waals surface area contributed by atoms with E-state index in [-0.39, 0.29) is 29.8 Å². The molecule has 0 radical (unpaired) electrons. The van der Waals surface area contributed by atoms with Gasteiger partial charge in [-0.15, -0.1) is 0 Å². The normalized spacial score (nSPS) is 29.9. The first-order valence-electron chi connectivity index (χ1n) is 11.3. The number of nitrogens with one attached hydrogen (secondary N) is 2. The minimum absolute atomic E-state index is 0.00346. The fourth-order valence-corrected chi connectivity index (χ4v) is 6.56. The fourth-order valence-electron chi connectivity index (χ4n) is 6.56. The Morgan fingerprint density at radius 2 is 1.37 bits per heavy atom. The molecule has 4 nitrogen and oxygen atoms in total. The molecule has 0 aliphatic heterocycles. The molecule has 4 aliphatic rings. The summed E-state index contributed by atoms with van der Waals surface area (Å²) in [5, 5.41) is 6.54. The highest BCUT2D eigenvalue weighted by Crippen LogP contribution is 2.55. The second kappa shape index (κ2) is 7.90. The van der Waals surface area contributed by atoms with E-state index in [1.54, 1.807) is 12.1 Å². The monoisotopic (exact) mass is 402 g/mol. The summed E-state index contributed by atoms with van der Waals surface area (Å²) in [5.41, 5.74) is 1.57. The highest BCUT2D eigenvalue weighted by atomic mass is 16.2. The van der Waals surface area contributed by atoms with Crippen LogP contribution in [0.5, 0.6) is 0 Å². The predicted octanol–water partition coefficient (Wildman–Crippen LogP) is 4.63. The van der Waals surface area contributed by atoms with Gasteiger partial charge in [0.15, 0.2) is 0 Å². The number of rotatable bonds is 6. The van der Waals surface area contributed by atoms with E-state index in [0.717, 1.165) is 42.6 Å². The molecule has 1 atom stereocenters. The minimum atomic E-state index is -0.340. The van der Waals surface area contributed by atoms with E-state index in [0.29, 0.717) is 5.56 Å². The van der Waals surface area contributed by atoms with Crippen LogP contribution in [0.15, 0.2) is 60.7 Å². The lowest BCUT2D eigenvalue weighted by Gasteiger charge is -2.57. The third-order valence-electron chi connectivity index (χ3n) is 7.38. The van der Waals surface area contributed by atoms with Crippen LogP contribution in [0.3, 0.4) is 0 Å². The summed E-state index contributed by atoms with van der Waals surface area (Å²) in [5.74, 6) is 2.28. The van der Waals surface area contributed by atoms with E-state index in [1.807, 2.05) is 48.5 Å². The van der Waals surface area contributed by atoms with Crippen molar-refractivity contribution in [2.24, 2.45) is 17.8 Å². The van der Waals surface area contributed by atoms with E-state index in [9.17, 15) is 9.59 Å². The van der Waals surface area contributed by atoms with Crippen molar-refractivity contribution in [1.82, 2.24) is 10.6 Å². The smallest absolute Gasteiger partial charge is 0.251 e. The number of carbonyl (C=O) groups is 2. The van der Waals surface area contributed by atoms with E-state index >= 15 is 0 Å². The Morgan fingerprint density at radius 3 is 1.93 bits per heavy atom. The molecule has 0 saturated heterocycles. The average Bonchev–Trinajstić information content (AvgIpc) is 2.73. The van der Waals surface area contributed by atoms with E-state index in [4.69, 9.17) is 0 Å². The van der Waals surface area contributed by atoms with Gasteiger partial charge in [0, 0.05) is 11.1 Å². The van der Waals surface area contributed by atoms with Crippen molar-refractivity contribution in [2.75, 3.05) is 0 Å². The highest BCUT2D eigenvalue weighted by Gasteiger charge is 2.51. The minimum Gasteiger partial charge on any atom is -0.351 e. The number of carbonyl (C=O) groups excluding carboxylic acids is 2. The Hall–Kier alpha value is -2.62. The lowest BCUT2D eigenvalue weighted by Crippen LogP contribution is -2.60. The van der Waals surface area contributed by atoms with Crippen molar-refractivity contribution in [2.45, 2.75) is 56.5 Å². The maximum Gasteiger partial charge on any atom is 0.251 e. The van der Waals surface area contributed by atoms with Crippen LogP contribution >= 0.6 is 0 Å². The summed E-state index contributed by atoms with van der Waals surface area (Å²) < 4.78 is 0. The first kappa shape index (κ1) is 19.3. The molecule has 30 heavy (non-hydrogen) atoms. The first-order chi connectivity index (χ1) is 14.6. The van der Waals surface area contributed by atoms with Gasteiger partial charge in [0.25, 0.3) is 5.91 Å². The molecular weight excluding hydrogens is 372 g/mol. The molecule has 2 N–H and O–H groups in total. The van der Waals surface area contributed by atoms with Crippen molar-refractivity contribution in [3.63, 3.8) is 0 Å². The Bertz CT molecular complexity index is 874. The Balaban J connectivity index is 1.30. The second-order valence-corrected chi connectivity index (χ2v) is 9.75. The molecule has 0 aromatic heterocycles. The Labute approximate surface area is 178 Å². The third-order valence-corrected chi connectivity index (χ3v) is 7.38. The van der Waals surface area contributed by atoms with Crippen LogP contribution < -0.4 is 10.6 Å². The molecule has 4 heteroatoms. The van der Waals surface area contributed by atoms with Gasteiger partial charge in [-0.2, -0.15) is 0 Å². The lowest BCUT2D eigenvalue weighted by atomic mass is 9.53. The number of hydrogen-bond donors (Lipinski definition) is 2. The molecule has 2 aromatic rings. The maximum atomic E-state index is 13.2. The summed E-state index contributed by atoms with van der Waals surface area (Å²) in [6.07, 6.45) is 7.74. The van der Waals surface area contributed by atoms with Crippen molar-refractivity contribution in [3.05, 3.63) is 71.8 Å². The van der Waals surface area contributed by atoms with Gasteiger partial charge in [0.1, 0.15) is 0 Å². The van der Waals surface area contributed by atoms with Gasteiger partial charge in [-0.05, 0) is 74.0 Å². The predicted molar refractivity (Wildman–Crippen MR) is 117 cm³/mol. The van der Waals surface area contributed by atoms with Crippen LogP contribution in [0.2, 0.25) is 0 Å². The molecule has 2 aromatic carbocycles. The largest absolute Gasteiger partial charge is 0.351 e. The third kappa shape index (κ3) is 4.00. The van der Waals surface area contributed by atoms with Crippen LogP contribution in [-0.2, 0) is 4.79 Å². The molecular formula is C26H30N2O2. The molecule has 4 saturated carbocycles. The molecule has 2 amide bonds. The highest BCUT2D eigenvalue weighted by molar-refractivity contribution is 5.94. The lowest BCUT2D eigenvalue weighted by molar-refractivity contribution is -0.127. The first-order valence-corrected chi connectivity index (χ1v) is 11.3. The Kier molecular flexibility index (Phi) is 5.10. The van der Waals surface area contributed by atoms with E-state index in [1.165, 1.54) is 19.3 Å². The van der Waals surface area contributed by atoms with Crippen molar-refractivity contribution in [3.8, 4) is 0 Å². The van der Waals surface area contributed by atoms with Crippen molar-refractivity contribution < 1.29 is 9.59 Å². The molecule has 4 aliphatic carbocycles. The second-order valence-electron chi connectivity index (χ2n) is 9.75. The molecule has 156 valence electrons. The molecule has 0 heterocycles. The number of benzene rings is 2. The Morgan fingerprint density at radius 1 is 0.833 bits per heavy atom. The molecule has 1 unspecified atom stereocenters. The SMILES string of the molecule is O=C(CC(NC(=O)c1ccccc1)c1ccccc1)NC12CC3CC(CC(C3)C1)C2. The summed E-state index contributed by atoms with van der Waals surface area (Å²) in [6.45, 7) is 0. The van der Waals surface area contributed by atoms with E-state index in [2.05, 4.69) is 10.6 Å². The van der Waals surface area contributed by atoms with Crippen LogP contribution in [0.1, 0.15) is 66.9 Å². The van der Waals surface area contributed by atoms with Gasteiger partial charge in [-0.1, -0.05) is 48.5 Å². The van der Waals surface area contributed by atoms with Gasteiger partial charge >= 0.3 is 0 Å². The number of amides is 2. The summed E-state index contributed by atoms with van der Waals surface area (Å²) in [6, 6.07) is 18.7. The number of hydrogen-bond acceptors (Lipinski definition) is 2. The van der Waals surface area contributed by atoms with Crippen LogP contribution in [0.25, 0.3) is 0 Å². The summed E-state index contributed by atoms with van der Waals surface area (Å²) in [7, 11) is 0. The van der Waals surface area contributed by atoms with E-state index < -0.39 is 0 Å². The van der Waals surface area contributed by atoms with Crippen LogP contribution in [0, 0.1) is 17.8 Å². The van der Waals surface area contributed by atoms with Crippen LogP contribution in [0.4, 0.5) is 0 Å². The standard InChI is InChI=1S/C26H30N2O2/c29-24(28-26-15-18-11-19(16-26)13-20(12-18)17-26)14-23(21-7-3-1-4-8-21)27-25(30)22-9-5-2-6-10-22/h1-10,18-20,23H,11-17H2,(H,27,30)(H,28,29). The molecule has 4 fully saturated rings. The average molecular weight is 403 g/mol. The molecule has 4 bridgehead atoms. The zero-order valence-electron chi connectivity index (χ0n) is 17.3. The van der Waals surface area contributed by atoms with Gasteiger partial charge in [0.2, 0.25) is 5.91 Å². The zero-order valence-corrected chi connectivity index (χ0v) is 17.3. The fraction of sp³-hybridized carbons (Fsp3) is 0.462.